The first-order chi connectivity index (χ1) is 14.2. The third-order valence-corrected chi connectivity index (χ3v) is 5.11. The quantitative estimate of drug-likeness (QED) is 0.588. The summed E-state index contributed by atoms with van der Waals surface area (Å²) in [7, 11) is 0. The number of amides is 1. The molecule has 0 bridgehead atoms. The lowest BCUT2D eigenvalue weighted by atomic mass is 9.83. The molecular weight excluding hydrogens is 401 g/mol. The molecule has 2 aliphatic rings. The molecule has 1 saturated heterocycles. The van der Waals surface area contributed by atoms with E-state index in [0.717, 1.165) is 18.4 Å². The van der Waals surface area contributed by atoms with Crippen LogP contribution >= 0.6 is 0 Å². The summed E-state index contributed by atoms with van der Waals surface area (Å²) in [5.74, 6) is -0.589. The number of hydrogen-bond donors (Lipinski definition) is 0. The molecule has 1 heterocycles. The predicted molar refractivity (Wildman–Crippen MR) is 115 cm³/mol. The van der Waals surface area contributed by atoms with Gasteiger partial charge in [0.05, 0.1) is 12.2 Å². The first-order valence-corrected chi connectivity index (χ1v) is 10.8. The molecule has 1 saturated carbocycles. The fourth-order valence-electron chi connectivity index (χ4n) is 3.57. The third-order valence-electron chi connectivity index (χ3n) is 5.11. The maximum absolute atomic E-state index is 14.7. The van der Waals surface area contributed by atoms with Gasteiger partial charge in [-0.1, -0.05) is 6.92 Å². The van der Waals surface area contributed by atoms with Crippen molar-refractivity contribution in [3.63, 3.8) is 0 Å². The number of halogens is 1. The molecule has 1 amide bonds. The standard InChI is InChI=1S/C24H34FNO5/c1-22(2,3)30-20(27)17-10-16(15-8-9-15)19(11-18(17)25)29-14-24(7)12-26(13-24)21(28)31-23(4,5)6/h10-11,15H,8-9,12-14H2,1-7H3. The molecule has 1 aliphatic carbocycles. The molecule has 1 aliphatic heterocycles. The van der Waals surface area contributed by atoms with Crippen LogP contribution in [0, 0.1) is 11.2 Å². The second-order valence-corrected chi connectivity index (χ2v) is 11.1. The van der Waals surface area contributed by atoms with E-state index in [2.05, 4.69) is 0 Å². The second kappa shape index (κ2) is 7.99. The molecule has 1 aromatic carbocycles. The number of likely N-dealkylation sites (tertiary alicyclic amines) is 1. The second-order valence-electron chi connectivity index (χ2n) is 11.1. The van der Waals surface area contributed by atoms with Gasteiger partial charge in [0, 0.05) is 24.6 Å². The third kappa shape index (κ3) is 6.11. The predicted octanol–water partition coefficient (Wildman–Crippen LogP) is 5.29. The van der Waals surface area contributed by atoms with Crippen molar-refractivity contribution >= 4 is 12.1 Å². The number of rotatable bonds is 5. The highest BCUT2D eigenvalue weighted by molar-refractivity contribution is 5.90. The SMILES string of the molecule is CC1(COc2cc(F)c(C(=O)OC(C)(C)C)cc2C2CC2)CN(C(=O)OC(C)(C)C)C1. The molecule has 0 unspecified atom stereocenters. The minimum atomic E-state index is -0.697. The molecule has 172 valence electrons. The van der Waals surface area contributed by atoms with Crippen molar-refractivity contribution in [2.75, 3.05) is 19.7 Å². The molecule has 0 radical (unpaired) electrons. The zero-order valence-electron chi connectivity index (χ0n) is 19.6. The number of ether oxygens (including phenoxy) is 3. The summed E-state index contributed by atoms with van der Waals surface area (Å²) in [5.41, 5.74) is -0.689. The van der Waals surface area contributed by atoms with Crippen LogP contribution in [-0.2, 0) is 9.47 Å². The largest absolute Gasteiger partial charge is 0.492 e. The van der Waals surface area contributed by atoms with Gasteiger partial charge in [-0.3, -0.25) is 0 Å². The van der Waals surface area contributed by atoms with Gasteiger partial charge in [-0.25, -0.2) is 14.0 Å². The van der Waals surface area contributed by atoms with Gasteiger partial charge in [-0.2, -0.15) is 0 Å². The Kier molecular flexibility index (Phi) is 6.02. The van der Waals surface area contributed by atoms with Crippen molar-refractivity contribution in [2.24, 2.45) is 5.41 Å². The summed E-state index contributed by atoms with van der Waals surface area (Å²) in [6.45, 7) is 14.2. The molecule has 0 atom stereocenters. The summed E-state index contributed by atoms with van der Waals surface area (Å²) < 4.78 is 31.5. The fraction of sp³-hybridized carbons (Fsp3) is 0.667. The van der Waals surface area contributed by atoms with Gasteiger partial charge >= 0.3 is 12.1 Å². The smallest absolute Gasteiger partial charge is 0.410 e. The number of carbonyl (C=O) groups excluding carboxylic acids is 2. The summed E-state index contributed by atoms with van der Waals surface area (Å²) in [6, 6.07) is 2.87. The van der Waals surface area contributed by atoms with Crippen LogP contribution in [0.3, 0.4) is 0 Å². The lowest BCUT2D eigenvalue weighted by Gasteiger charge is -2.47. The fourth-order valence-corrected chi connectivity index (χ4v) is 3.57. The Balaban J connectivity index is 1.66. The lowest BCUT2D eigenvalue weighted by molar-refractivity contribution is -0.0429. The van der Waals surface area contributed by atoms with Crippen molar-refractivity contribution in [3.8, 4) is 5.75 Å². The maximum Gasteiger partial charge on any atom is 0.410 e. The molecule has 2 fully saturated rings. The average molecular weight is 436 g/mol. The van der Waals surface area contributed by atoms with E-state index in [1.165, 1.54) is 6.07 Å². The first kappa shape index (κ1) is 23.4. The van der Waals surface area contributed by atoms with E-state index in [4.69, 9.17) is 14.2 Å². The topological polar surface area (TPSA) is 65.1 Å². The Morgan fingerprint density at radius 2 is 1.65 bits per heavy atom. The Hall–Kier alpha value is -2.31. The molecular formula is C24H34FNO5. The van der Waals surface area contributed by atoms with Crippen LogP contribution in [0.15, 0.2) is 12.1 Å². The number of esters is 1. The zero-order chi connectivity index (χ0) is 23.2. The van der Waals surface area contributed by atoms with E-state index in [1.54, 1.807) is 31.7 Å². The Morgan fingerprint density at radius 3 is 2.16 bits per heavy atom. The summed E-state index contributed by atoms with van der Waals surface area (Å²) in [4.78, 5) is 26.2. The van der Waals surface area contributed by atoms with Crippen LogP contribution in [0.1, 0.15) is 83.1 Å². The van der Waals surface area contributed by atoms with Gasteiger partial charge < -0.3 is 19.1 Å². The van der Waals surface area contributed by atoms with Gasteiger partial charge in [0.2, 0.25) is 0 Å². The number of carbonyl (C=O) groups is 2. The van der Waals surface area contributed by atoms with Crippen LogP contribution < -0.4 is 4.74 Å². The van der Waals surface area contributed by atoms with Crippen LogP contribution in [0.2, 0.25) is 0 Å². The Labute approximate surface area is 184 Å². The maximum atomic E-state index is 14.7. The molecule has 0 aromatic heterocycles. The van der Waals surface area contributed by atoms with Crippen LogP contribution in [0.5, 0.6) is 5.75 Å². The number of benzene rings is 1. The summed E-state index contributed by atoms with van der Waals surface area (Å²) in [5, 5.41) is 0. The highest BCUT2D eigenvalue weighted by atomic mass is 19.1. The first-order valence-electron chi connectivity index (χ1n) is 10.8. The van der Waals surface area contributed by atoms with E-state index in [9.17, 15) is 14.0 Å². The minimum absolute atomic E-state index is 0.0601. The molecule has 3 rings (SSSR count). The molecule has 0 N–H and O–H groups in total. The van der Waals surface area contributed by atoms with E-state index < -0.39 is 23.0 Å². The molecule has 6 nitrogen and oxygen atoms in total. The van der Waals surface area contributed by atoms with Gasteiger partial charge in [-0.15, -0.1) is 0 Å². The highest BCUT2D eigenvalue weighted by Crippen LogP contribution is 2.46. The molecule has 31 heavy (non-hydrogen) atoms. The number of hydrogen-bond acceptors (Lipinski definition) is 5. The van der Waals surface area contributed by atoms with E-state index >= 15 is 0 Å². The van der Waals surface area contributed by atoms with Crippen LogP contribution in [-0.4, -0.2) is 47.9 Å². The van der Waals surface area contributed by atoms with Crippen molar-refractivity contribution in [1.82, 2.24) is 4.90 Å². The van der Waals surface area contributed by atoms with Crippen molar-refractivity contribution < 1.29 is 28.2 Å². The summed E-state index contributed by atoms with van der Waals surface area (Å²) in [6.07, 6.45) is 1.63. The molecule has 0 spiro atoms. The molecule has 1 aromatic rings. The lowest BCUT2D eigenvalue weighted by Crippen LogP contribution is -2.60. The highest BCUT2D eigenvalue weighted by Gasteiger charge is 2.44. The van der Waals surface area contributed by atoms with E-state index in [0.29, 0.717) is 25.4 Å². The van der Waals surface area contributed by atoms with Gasteiger partial charge in [0.1, 0.15) is 22.8 Å². The minimum Gasteiger partial charge on any atom is -0.492 e. The van der Waals surface area contributed by atoms with Crippen molar-refractivity contribution in [1.29, 1.82) is 0 Å². The normalized spacial score (nSPS) is 18.3. The monoisotopic (exact) mass is 435 g/mol. The van der Waals surface area contributed by atoms with Crippen LogP contribution in [0.4, 0.5) is 9.18 Å². The number of nitrogens with zero attached hydrogens (tertiary/aromatic N) is 1. The van der Waals surface area contributed by atoms with Gasteiger partial charge in [0.25, 0.3) is 0 Å². The van der Waals surface area contributed by atoms with Gasteiger partial charge in [0.15, 0.2) is 0 Å². The van der Waals surface area contributed by atoms with E-state index in [-0.39, 0.29) is 23.0 Å². The summed E-state index contributed by atoms with van der Waals surface area (Å²) >= 11 is 0. The zero-order valence-corrected chi connectivity index (χ0v) is 19.6. The Morgan fingerprint density at radius 1 is 1.06 bits per heavy atom. The van der Waals surface area contributed by atoms with Gasteiger partial charge in [-0.05, 0) is 71.9 Å². The average Bonchev–Trinajstić information content (AvgIpc) is 3.39. The Bertz CT molecular complexity index is 858. The van der Waals surface area contributed by atoms with E-state index in [1.807, 2.05) is 27.7 Å². The van der Waals surface area contributed by atoms with Crippen LogP contribution in [0.25, 0.3) is 0 Å². The molecule has 7 heteroatoms. The van der Waals surface area contributed by atoms with Crippen molar-refractivity contribution in [2.45, 2.75) is 78.4 Å². The van der Waals surface area contributed by atoms with Crippen molar-refractivity contribution in [3.05, 3.63) is 29.1 Å².